The predicted octanol–water partition coefficient (Wildman–Crippen LogP) is 1.29. The maximum atomic E-state index is 11.9. The Kier molecular flexibility index (Phi) is 3.10. The number of aliphatic hydroxyl groups is 1. The average Bonchev–Trinajstić information content (AvgIpc) is 2.17. The molecule has 1 amide bonds. The molecular formula is C13H24N2O3. The summed E-state index contributed by atoms with van der Waals surface area (Å²) in [5, 5.41) is 13.1. The zero-order valence-corrected chi connectivity index (χ0v) is 11.5. The van der Waals surface area contributed by atoms with Crippen molar-refractivity contribution in [2.24, 2.45) is 5.73 Å². The zero-order valence-electron chi connectivity index (χ0n) is 11.5. The Morgan fingerprint density at radius 2 is 1.89 bits per heavy atom. The smallest absolute Gasteiger partial charge is 0.408 e. The van der Waals surface area contributed by atoms with Gasteiger partial charge in [-0.2, -0.15) is 0 Å². The number of carbonyl (C=O) groups is 1. The lowest BCUT2D eigenvalue weighted by molar-refractivity contribution is -0.0539. The van der Waals surface area contributed by atoms with Crippen LogP contribution in [0.15, 0.2) is 0 Å². The Bertz CT molecular complexity index is 341. The summed E-state index contributed by atoms with van der Waals surface area (Å²) >= 11 is 0. The Morgan fingerprint density at radius 3 is 2.33 bits per heavy atom. The van der Waals surface area contributed by atoms with E-state index in [0.717, 1.165) is 25.7 Å². The lowest BCUT2D eigenvalue weighted by atomic mass is 9.60. The van der Waals surface area contributed by atoms with E-state index in [2.05, 4.69) is 5.32 Å². The van der Waals surface area contributed by atoms with Crippen LogP contribution in [0.2, 0.25) is 0 Å². The second kappa shape index (κ2) is 4.10. The molecule has 5 heteroatoms. The molecule has 0 unspecified atom stereocenters. The molecule has 0 aromatic heterocycles. The number of amides is 1. The second-order valence-electron chi connectivity index (χ2n) is 6.87. The molecule has 5 nitrogen and oxygen atoms in total. The number of rotatable bonds is 1. The van der Waals surface area contributed by atoms with E-state index in [4.69, 9.17) is 10.5 Å². The SMILES string of the molecule is CC(C)(C)OC(=O)NC12CCC(N)(CC1)C[C@@H]2O. The first kappa shape index (κ1) is 13.6. The molecular weight excluding hydrogens is 232 g/mol. The molecule has 0 radical (unpaired) electrons. The summed E-state index contributed by atoms with van der Waals surface area (Å²) in [7, 11) is 0. The van der Waals surface area contributed by atoms with Gasteiger partial charge in [-0.1, -0.05) is 0 Å². The molecule has 3 aliphatic rings. The van der Waals surface area contributed by atoms with E-state index in [0.29, 0.717) is 6.42 Å². The van der Waals surface area contributed by atoms with Gasteiger partial charge in [0.05, 0.1) is 11.6 Å². The Morgan fingerprint density at radius 1 is 1.33 bits per heavy atom. The molecule has 3 saturated carbocycles. The molecule has 3 rings (SSSR count). The number of hydrogen-bond donors (Lipinski definition) is 3. The highest BCUT2D eigenvalue weighted by molar-refractivity contribution is 5.69. The van der Waals surface area contributed by atoms with E-state index in [1.807, 2.05) is 20.8 Å². The fourth-order valence-electron chi connectivity index (χ4n) is 3.03. The van der Waals surface area contributed by atoms with Crippen LogP contribution in [0.25, 0.3) is 0 Å². The normalized spacial score (nSPS) is 39.5. The van der Waals surface area contributed by atoms with E-state index < -0.39 is 23.3 Å². The van der Waals surface area contributed by atoms with Crippen LogP contribution in [0.5, 0.6) is 0 Å². The molecule has 0 aliphatic heterocycles. The van der Waals surface area contributed by atoms with E-state index in [1.165, 1.54) is 0 Å². The number of hydrogen-bond acceptors (Lipinski definition) is 4. The van der Waals surface area contributed by atoms with Gasteiger partial charge in [-0.15, -0.1) is 0 Å². The van der Waals surface area contributed by atoms with E-state index in [1.54, 1.807) is 0 Å². The fourth-order valence-corrected chi connectivity index (χ4v) is 3.03. The van der Waals surface area contributed by atoms with Crippen molar-refractivity contribution in [2.75, 3.05) is 0 Å². The van der Waals surface area contributed by atoms with E-state index >= 15 is 0 Å². The second-order valence-corrected chi connectivity index (χ2v) is 6.87. The van der Waals surface area contributed by atoms with E-state index in [-0.39, 0.29) is 5.54 Å². The highest BCUT2D eigenvalue weighted by atomic mass is 16.6. The van der Waals surface area contributed by atoms with Crippen molar-refractivity contribution in [3.05, 3.63) is 0 Å². The Labute approximate surface area is 108 Å². The summed E-state index contributed by atoms with van der Waals surface area (Å²) in [6.07, 6.45) is 2.68. The van der Waals surface area contributed by atoms with Gasteiger partial charge in [-0.3, -0.25) is 0 Å². The topological polar surface area (TPSA) is 84.6 Å². The van der Waals surface area contributed by atoms with Gasteiger partial charge >= 0.3 is 6.09 Å². The van der Waals surface area contributed by atoms with E-state index in [9.17, 15) is 9.90 Å². The number of nitrogens with one attached hydrogen (secondary N) is 1. The van der Waals surface area contributed by atoms with Crippen molar-refractivity contribution in [3.8, 4) is 0 Å². The van der Waals surface area contributed by atoms with Crippen molar-refractivity contribution in [2.45, 2.75) is 75.7 Å². The Balaban J connectivity index is 2.02. The van der Waals surface area contributed by atoms with Gasteiger partial charge in [-0.05, 0) is 52.9 Å². The number of nitrogens with two attached hydrogens (primary N) is 1. The van der Waals surface area contributed by atoms with Crippen LogP contribution in [0.4, 0.5) is 4.79 Å². The van der Waals surface area contributed by atoms with Crippen molar-refractivity contribution in [3.63, 3.8) is 0 Å². The molecule has 18 heavy (non-hydrogen) atoms. The third kappa shape index (κ3) is 2.62. The molecule has 0 heterocycles. The molecule has 0 saturated heterocycles. The lowest BCUT2D eigenvalue weighted by Crippen LogP contribution is -2.68. The van der Waals surface area contributed by atoms with Gasteiger partial charge < -0.3 is 20.9 Å². The lowest BCUT2D eigenvalue weighted by Gasteiger charge is -2.54. The third-order valence-electron chi connectivity index (χ3n) is 4.13. The first-order valence-corrected chi connectivity index (χ1v) is 6.62. The van der Waals surface area contributed by atoms with Gasteiger partial charge in [0.1, 0.15) is 5.60 Å². The fraction of sp³-hybridized carbons (Fsp3) is 0.923. The number of ether oxygens (including phenoxy) is 1. The minimum Gasteiger partial charge on any atom is -0.444 e. The number of alkyl carbamates (subject to hydrolysis) is 1. The minimum absolute atomic E-state index is 0.239. The summed E-state index contributed by atoms with van der Waals surface area (Å²) < 4.78 is 5.27. The molecule has 4 N–H and O–H groups in total. The molecule has 2 bridgehead atoms. The summed E-state index contributed by atoms with van der Waals surface area (Å²) in [5.41, 5.74) is 4.88. The van der Waals surface area contributed by atoms with Crippen LogP contribution >= 0.6 is 0 Å². The summed E-state index contributed by atoms with van der Waals surface area (Å²) in [6.45, 7) is 5.48. The summed E-state index contributed by atoms with van der Waals surface area (Å²) in [5.74, 6) is 0. The average molecular weight is 256 g/mol. The highest BCUT2D eigenvalue weighted by Crippen LogP contribution is 2.45. The molecule has 104 valence electrons. The number of fused-ring (bicyclic) bond motifs is 3. The van der Waals surface area contributed by atoms with Crippen molar-refractivity contribution >= 4 is 6.09 Å². The summed E-state index contributed by atoms with van der Waals surface area (Å²) in [4.78, 5) is 11.9. The van der Waals surface area contributed by atoms with Crippen molar-refractivity contribution < 1.29 is 14.6 Å². The number of carbonyl (C=O) groups excluding carboxylic acids is 1. The highest BCUT2D eigenvalue weighted by Gasteiger charge is 2.53. The third-order valence-corrected chi connectivity index (χ3v) is 4.13. The van der Waals surface area contributed by atoms with Gasteiger partial charge in [-0.25, -0.2) is 4.79 Å². The van der Waals surface area contributed by atoms with Gasteiger partial charge in [0, 0.05) is 5.54 Å². The van der Waals surface area contributed by atoms with Gasteiger partial charge in [0.25, 0.3) is 0 Å². The molecule has 0 aromatic rings. The standard InChI is InChI=1S/C13H24N2O3/c1-11(2,3)18-10(17)15-13-6-4-12(14,5-7-13)8-9(13)16/h9,16H,4-8,14H2,1-3H3,(H,15,17)/t9-,12?,13?/m0/s1. The predicted molar refractivity (Wildman–Crippen MR) is 68.1 cm³/mol. The van der Waals surface area contributed by atoms with Crippen LogP contribution in [-0.4, -0.2) is 34.0 Å². The van der Waals surface area contributed by atoms with Crippen LogP contribution in [0.1, 0.15) is 52.9 Å². The quantitative estimate of drug-likeness (QED) is 0.660. The molecule has 3 aliphatic carbocycles. The first-order valence-electron chi connectivity index (χ1n) is 6.62. The maximum absolute atomic E-state index is 11.9. The van der Waals surface area contributed by atoms with Crippen LogP contribution in [-0.2, 0) is 4.74 Å². The van der Waals surface area contributed by atoms with Crippen LogP contribution < -0.4 is 11.1 Å². The van der Waals surface area contributed by atoms with Crippen LogP contribution in [0, 0.1) is 0 Å². The summed E-state index contributed by atoms with van der Waals surface area (Å²) in [6, 6.07) is 0. The van der Waals surface area contributed by atoms with Crippen LogP contribution in [0.3, 0.4) is 0 Å². The molecule has 3 fully saturated rings. The molecule has 1 atom stereocenters. The largest absolute Gasteiger partial charge is 0.444 e. The molecule has 0 spiro atoms. The van der Waals surface area contributed by atoms with Crippen molar-refractivity contribution in [1.82, 2.24) is 5.32 Å². The molecule has 0 aromatic carbocycles. The monoisotopic (exact) mass is 256 g/mol. The van der Waals surface area contributed by atoms with Gasteiger partial charge in [0.15, 0.2) is 0 Å². The first-order chi connectivity index (χ1) is 8.14. The number of aliphatic hydroxyl groups excluding tert-OH is 1. The van der Waals surface area contributed by atoms with Crippen molar-refractivity contribution in [1.29, 1.82) is 0 Å². The Hall–Kier alpha value is -0.810. The minimum atomic E-state index is -0.572. The maximum Gasteiger partial charge on any atom is 0.408 e. The van der Waals surface area contributed by atoms with Gasteiger partial charge in [0.2, 0.25) is 0 Å². The zero-order chi connectivity index (χ0) is 13.6.